The van der Waals surface area contributed by atoms with Crippen molar-refractivity contribution in [3.8, 4) is 11.5 Å². The van der Waals surface area contributed by atoms with Crippen molar-refractivity contribution in [2.45, 2.75) is 107 Å². The minimum atomic E-state index is -1.48. The Bertz CT molecular complexity index is 2130. The fourth-order valence-corrected chi connectivity index (χ4v) is 9.22. The van der Waals surface area contributed by atoms with Crippen molar-refractivity contribution in [1.29, 1.82) is 0 Å². The highest BCUT2D eigenvalue weighted by molar-refractivity contribution is 6.58. The van der Waals surface area contributed by atoms with Crippen LogP contribution < -0.4 is 14.9 Å². The fraction of sp³-hybridized carbons (Fsp3) is 0.463. The van der Waals surface area contributed by atoms with Gasteiger partial charge in [0.2, 0.25) is 0 Å². The second kappa shape index (κ2) is 25.5. The molecule has 7 nitrogen and oxygen atoms in total. The third kappa shape index (κ3) is 14.4. The summed E-state index contributed by atoms with van der Waals surface area (Å²) < 4.78 is 20.8. The van der Waals surface area contributed by atoms with Crippen LogP contribution in [0.2, 0.25) is 10.0 Å². The third-order valence-corrected chi connectivity index (χ3v) is 14.3. The quantitative estimate of drug-likeness (QED) is 0.0784. The zero-order valence-corrected chi connectivity index (χ0v) is 41.4. The number of rotatable bonds is 13. The van der Waals surface area contributed by atoms with Gasteiger partial charge in [0.05, 0.1) is 20.3 Å². The molecule has 8 atom stereocenters. The van der Waals surface area contributed by atoms with E-state index in [4.69, 9.17) is 37.4 Å². The molecule has 0 aliphatic heterocycles. The van der Waals surface area contributed by atoms with Gasteiger partial charge in [0.15, 0.2) is 0 Å². The van der Waals surface area contributed by atoms with E-state index in [2.05, 4.69) is 103 Å². The second-order valence-corrected chi connectivity index (χ2v) is 18.2. The van der Waals surface area contributed by atoms with Crippen molar-refractivity contribution in [3.05, 3.63) is 146 Å². The van der Waals surface area contributed by atoms with Crippen LogP contribution in [0.4, 0.5) is 4.79 Å². The van der Waals surface area contributed by atoms with E-state index in [0.29, 0.717) is 71.5 Å². The predicted molar refractivity (Wildman–Crippen MR) is 265 cm³/mol. The van der Waals surface area contributed by atoms with Gasteiger partial charge in [-0.2, -0.15) is 0 Å². The van der Waals surface area contributed by atoms with Gasteiger partial charge in [0, 0.05) is 21.9 Å². The zero-order chi connectivity index (χ0) is 47.1. The van der Waals surface area contributed by atoms with Gasteiger partial charge in [-0.25, -0.2) is 4.79 Å². The Morgan fingerprint density at radius 3 is 1.55 bits per heavy atom. The largest absolute Gasteiger partial charge is 0.508 e. The molecule has 0 radical (unpaired) electrons. The molecule has 0 amide bonds. The Balaban J connectivity index is 0.000000220. The van der Waals surface area contributed by atoms with Crippen LogP contribution in [0, 0.1) is 35.5 Å². The molecule has 4 aromatic carbocycles. The number of hydrogen-bond acceptors (Lipinski definition) is 7. The molecule has 0 spiro atoms. The van der Waals surface area contributed by atoms with Crippen LogP contribution >= 0.6 is 23.2 Å². The minimum absolute atomic E-state index is 0.145. The van der Waals surface area contributed by atoms with E-state index in [9.17, 15) is 14.8 Å². The van der Waals surface area contributed by atoms with E-state index in [-0.39, 0.29) is 6.10 Å². The van der Waals surface area contributed by atoms with E-state index < -0.39 is 13.3 Å². The summed E-state index contributed by atoms with van der Waals surface area (Å²) in [6.45, 7) is 23.5. The highest BCUT2D eigenvalue weighted by Gasteiger charge is 2.35. The lowest BCUT2D eigenvalue weighted by molar-refractivity contribution is 0.0160. The lowest BCUT2D eigenvalue weighted by Gasteiger charge is -2.38. The number of carbonyl (C=O) groups excluding carboxylic acids is 1. The molecule has 2 N–H and O–H groups in total. The molecule has 0 unspecified atom stereocenters. The molecule has 0 saturated carbocycles. The van der Waals surface area contributed by atoms with Gasteiger partial charge < -0.3 is 29.0 Å². The summed E-state index contributed by atoms with van der Waals surface area (Å²) >= 11 is 12.7. The number of methoxy groups -OCH3 is 1. The maximum absolute atomic E-state index is 11.1. The molecule has 0 aromatic heterocycles. The van der Waals surface area contributed by atoms with E-state index in [1.165, 1.54) is 29.4 Å². The van der Waals surface area contributed by atoms with Crippen molar-refractivity contribution in [3.63, 3.8) is 0 Å². The van der Waals surface area contributed by atoms with Gasteiger partial charge in [-0.15, -0.1) is 0 Å². The molecule has 0 saturated heterocycles. The van der Waals surface area contributed by atoms with Gasteiger partial charge >= 0.3 is 13.3 Å². The zero-order valence-electron chi connectivity index (χ0n) is 39.9. The normalized spacial score (nSPS) is 22.6. The predicted octanol–water partition coefficient (Wildman–Crippen LogP) is 13.1. The number of allylic oxidation sites excluding steroid dienone is 3. The molecule has 6 rings (SSSR count). The molecular formula is C54H71BCl2O7. The van der Waals surface area contributed by atoms with Crippen molar-refractivity contribution in [2.24, 2.45) is 35.5 Å². The Morgan fingerprint density at radius 2 is 1.08 bits per heavy atom. The maximum Gasteiger partial charge on any atom is 0.508 e. The fourth-order valence-electron chi connectivity index (χ4n) is 8.85. The average Bonchev–Trinajstić information content (AvgIpc) is 3.29. The van der Waals surface area contributed by atoms with E-state index >= 15 is 0 Å². The lowest BCUT2D eigenvalue weighted by Crippen LogP contribution is -2.35. The first-order valence-corrected chi connectivity index (χ1v) is 23.8. The average molecular weight is 914 g/mol. The first-order chi connectivity index (χ1) is 30.5. The van der Waals surface area contributed by atoms with Crippen LogP contribution in [-0.4, -0.2) is 49.7 Å². The van der Waals surface area contributed by atoms with Crippen molar-refractivity contribution < 1.29 is 33.8 Å². The Hall–Kier alpha value is -4.21. The van der Waals surface area contributed by atoms with Gasteiger partial charge in [0.25, 0.3) is 0 Å². The van der Waals surface area contributed by atoms with Crippen LogP contribution in [0.1, 0.15) is 116 Å². The molecule has 2 aliphatic rings. The number of hydrogen-bond donors (Lipinski definition) is 2. The van der Waals surface area contributed by atoms with Crippen molar-refractivity contribution in [1.82, 2.24) is 0 Å². The molecule has 4 aromatic rings. The second-order valence-electron chi connectivity index (χ2n) is 17.3. The SMILES string of the molecule is CCC1=C[C@H](OC(=O)OC)[C@H](C)[C@@H](C)[C@@H]1C.CCOc1ccc(Cc2cc(B(O)O)ccc2Cl)cc1.CCOc1ccc(Cc2cc([C@@H]3C=C(CC)[C@@H](C)[C@H](C)[C@H]3C)ccc2Cl)cc1. The highest BCUT2D eigenvalue weighted by atomic mass is 35.5. The Kier molecular flexibility index (Phi) is 20.9. The van der Waals surface area contributed by atoms with Crippen LogP contribution in [0.15, 0.2) is 108 Å². The summed E-state index contributed by atoms with van der Waals surface area (Å²) in [5.41, 5.74) is 9.21. The smallest absolute Gasteiger partial charge is 0.494 e. The summed E-state index contributed by atoms with van der Waals surface area (Å²) in [5.74, 6) is 5.64. The molecule has 0 heterocycles. The molecule has 346 valence electrons. The molecule has 2 aliphatic carbocycles. The Labute approximate surface area is 394 Å². The maximum atomic E-state index is 11.1. The highest BCUT2D eigenvalue weighted by Crippen LogP contribution is 2.44. The molecular weight excluding hydrogens is 842 g/mol. The topological polar surface area (TPSA) is 94.5 Å². The van der Waals surface area contributed by atoms with Gasteiger partial charge in [-0.05, 0) is 145 Å². The number of benzene rings is 4. The standard InChI is InChI=1S/C26H33ClO.C15H16BClO3.C13H22O3/c1-6-21-16-25(19(5)17(3)18(21)4)22-10-13-26(27)23(15-22)14-20-8-11-24(12-9-20)28-7-2;1-2-20-14-6-3-11(4-7-14)9-12-10-13(16(18)19)5-8-15(12)17;1-6-11-7-12(16-13(14)15-5)10(4)8(2)9(11)3/h8-13,15-19,25H,6-7,14H2,1-5H3;3-8,10,18-19H,2,9H2,1H3;7-10,12H,6H2,1-5H3/t17-,18-,19+,25+;;8-,9-,10+,12-/m0.0/s1. The summed E-state index contributed by atoms with van der Waals surface area (Å²) in [5, 5.41) is 19.9. The minimum Gasteiger partial charge on any atom is -0.494 e. The summed E-state index contributed by atoms with van der Waals surface area (Å²) in [4.78, 5) is 11.1. The van der Waals surface area contributed by atoms with Crippen LogP contribution in [0.3, 0.4) is 0 Å². The van der Waals surface area contributed by atoms with Gasteiger partial charge in [0.1, 0.15) is 17.6 Å². The van der Waals surface area contributed by atoms with E-state index in [1.807, 2.05) is 50.2 Å². The Morgan fingerprint density at radius 1 is 0.609 bits per heavy atom. The first-order valence-electron chi connectivity index (χ1n) is 23.1. The summed E-state index contributed by atoms with van der Waals surface area (Å²) in [7, 11) is -0.141. The molecule has 64 heavy (non-hydrogen) atoms. The summed E-state index contributed by atoms with van der Waals surface area (Å²) in [6.07, 6.45) is 7.51. The number of ether oxygens (including phenoxy) is 4. The van der Waals surface area contributed by atoms with Gasteiger partial charge in [-0.3, -0.25) is 0 Å². The van der Waals surface area contributed by atoms with Crippen molar-refractivity contribution >= 4 is 41.9 Å². The monoisotopic (exact) mass is 912 g/mol. The molecule has 0 fully saturated rings. The lowest BCUT2D eigenvalue weighted by atomic mass is 9.67. The van der Waals surface area contributed by atoms with Gasteiger partial charge in [-0.1, -0.05) is 144 Å². The van der Waals surface area contributed by atoms with Crippen LogP contribution in [-0.2, 0) is 22.3 Å². The van der Waals surface area contributed by atoms with Crippen LogP contribution in [0.25, 0.3) is 0 Å². The third-order valence-electron chi connectivity index (χ3n) is 13.6. The van der Waals surface area contributed by atoms with Crippen LogP contribution in [0.5, 0.6) is 11.5 Å². The first kappa shape index (κ1) is 52.4. The van der Waals surface area contributed by atoms with E-state index in [0.717, 1.165) is 46.9 Å². The van der Waals surface area contributed by atoms with Crippen molar-refractivity contribution in [2.75, 3.05) is 20.3 Å². The number of carbonyl (C=O) groups is 1. The summed E-state index contributed by atoms with van der Waals surface area (Å²) in [6, 6.07) is 27.8. The molecule has 10 heteroatoms. The number of halogens is 2. The van der Waals surface area contributed by atoms with E-state index in [1.54, 1.807) is 23.8 Å². The molecule has 0 bridgehead atoms.